The molecule has 0 saturated heterocycles. The van der Waals surface area contributed by atoms with Gasteiger partial charge >= 0.3 is 0 Å². The average Bonchev–Trinajstić information content (AvgIpc) is 2.63. The molecule has 1 rings (SSSR count). The van der Waals surface area contributed by atoms with Gasteiger partial charge in [-0.1, -0.05) is 6.92 Å². The summed E-state index contributed by atoms with van der Waals surface area (Å²) in [5, 5.41) is 3.15. The fraction of sp³-hybridized carbons (Fsp3) is 0.727. The first-order valence-electron chi connectivity index (χ1n) is 5.61. The Morgan fingerprint density at radius 2 is 2.33 bits per heavy atom. The summed E-state index contributed by atoms with van der Waals surface area (Å²) in [6.07, 6.45) is 5.10. The average molecular weight is 210 g/mol. The van der Waals surface area contributed by atoms with Crippen LogP contribution in [0.3, 0.4) is 0 Å². The van der Waals surface area contributed by atoms with Gasteiger partial charge in [0, 0.05) is 32.0 Å². The highest BCUT2D eigenvalue weighted by Crippen LogP contribution is 2.02. The summed E-state index contributed by atoms with van der Waals surface area (Å²) >= 11 is 0. The Balaban J connectivity index is 2.44. The maximum atomic E-state index is 4.38. The summed E-state index contributed by atoms with van der Waals surface area (Å²) in [7, 11) is 4.11. The van der Waals surface area contributed by atoms with Crippen LogP contribution in [0.1, 0.15) is 19.2 Å². The Hall–Kier alpha value is -0.870. The van der Waals surface area contributed by atoms with Crippen LogP contribution in [-0.2, 0) is 13.1 Å². The van der Waals surface area contributed by atoms with Crippen LogP contribution in [0.15, 0.2) is 12.4 Å². The predicted molar refractivity (Wildman–Crippen MR) is 62.8 cm³/mol. The number of imidazole rings is 1. The number of hydrogen-bond donors (Lipinski definition) is 1. The lowest BCUT2D eigenvalue weighted by Gasteiger charge is -2.16. The monoisotopic (exact) mass is 210 g/mol. The lowest BCUT2D eigenvalue weighted by atomic mass is 10.4. The minimum atomic E-state index is 0.925. The fourth-order valence-corrected chi connectivity index (χ4v) is 1.56. The molecule has 1 heterocycles. The van der Waals surface area contributed by atoms with Crippen molar-refractivity contribution in [2.45, 2.75) is 26.4 Å². The van der Waals surface area contributed by atoms with Gasteiger partial charge in [0.05, 0.1) is 6.54 Å². The van der Waals surface area contributed by atoms with Crippen molar-refractivity contribution in [3.63, 3.8) is 0 Å². The Morgan fingerprint density at radius 3 is 3.00 bits per heavy atom. The fourth-order valence-electron chi connectivity index (χ4n) is 1.56. The van der Waals surface area contributed by atoms with Gasteiger partial charge in [-0.2, -0.15) is 0 Å². The molecule has 15 heavy (non-hydrogen) atoms. The summed E-state index contributed by atoms with van der Waals surface area (Å²) in [6.45, 7) is 6.25. The molecule has 0 atom stereocenters. The standard InChI is InChI=1S/C11H22N4/c1-4-7-15-9-6-13-11(15)10-14(3)8-5-12-2/h6,9,12H,4-5,7-8,10H2,1-3H3. The van der Waals surface area contributed by atoms with Crippen molar-refractivity contribution in [1.82, 2.24) is 19.8 Å². The Bertz CT molecular complexity index is 269. The maximum absolute atomic E-state index is 4.38. The summed E-state index contributed by atoms with van der Waals surface area (Å²) in [4.78, 5) is 6.67. The van der Waals surface area contributed by atoms with Crippen molar-refractivity contribution in [3.05, 3.63) is 18.2 Å². The van der Waals surface area contributed by atoms with Crippen molar-refractivity contribution < 1.29 is 0 Å². The zero-order valence-corrected chi connectivity index (χ0v) is 10.0. The molecule has 0 fully saturated rings. The zero-order chi connectivity index (χ0) is 11.1. The van der Waals surface area contributed by atoms with E-state index in [1.54, 1.807) is 0 Å². The number of aromatic nitrogens is 2. The third-order valence-corrected chi connectivity index (χ3v) is 2.42. The van der Waals surface area contributed by atoms with Crippen LogP contribution in [0.5, 0.6) is 0 Å². The first-order valence-corrected chi connectivity index (χ1v) is 5.61. The van der Waals surface area contributed by atoms with Crippen LogP contribution in [0, 0.1) is 0 Å². The second-order valence-corrected chi connectivity index (χ2v) is 3.88. The van der Waals surface area contributed by atoms with E-state index in [1.165, 1.54) is 0 Å². The summed E-state index contributed by atoms with van der Waals surface area (Å²) in [6, 6.07) is 0. The van der Waals surface area contributed by atoms with Gasteiger partial charge in [0.1, 0.15) is 5.82 Å². The van der Waals surface area contributed by atoms with Crippen molar-refractivity contribution in [3.8, 4) is 0 Å². The van der Waals surface area contributed by atoms with E-state index in [0.717, 1.165) is 38.4 Å². The maximum Gasteiger partial charge on any atom is 0.122 e. The summed E-state index contributed by atoms with van der Waals surface area (Å²) in [5.41, 5.74) is 0. The highest BCUT2D eigenvalue weighted by atomic mass is 15.2. The summed E-state index contributed by atoms with van der Waals surface area (Å²) < 4.78 is 2.23. The molecule has 0 aliphatic heterocycles. The van der Waals surface area contributed by atoms with Crippen molar-refractivity contribution in [2.24, 2.45) is 0 Å². The van der Waals surface area contributed by atoms with Gasteiger partial charge in [0.2, 0.25) is 0 Å². The summed E-state index contributed by atoms with van der Waals surface area (Å²) in [5.74, 6) is 1.16. The third kappa shape index (κ3) is 4.01. The molecular weight excluding hydrogens is 188 g/mol. The van der Waals surface area contributed by atoms with E-state index in [4.69, 9.17) is 0 Å². The SMILES string of the molecule is CCCn1ccnc1CN(C)CCNC. The Labute approximate surface area is 92.3 Å². The lowest BCUT2D eigenvalue weighted by molar-refractivity contribution is 0.314. The molecule has 1 aromatic heterocycles. The van der Waals surface area contributed by atoms with Gasteiger partial charge in [-0.3, -0.25) is 4.90 Å². The molecule has 0 amide bonds. The van der Waals surface area contributed by atoms with E-state index in [-0.39, 0.29) is 0 Å². The van der Waals surface area contributed by atoms with Gasteiger partial charge in [0.15, 0.2) is 0 Å². The predicted octanol–water partition coefficient (Wildman–Crippen LogP) is 0.944. The zero-order valence-electron chi connectivity index (χ0n) is 10.0. The van der Waals surface area contributed by atoms with E-state index in [1.807, 2.05) is 13.2 Å². The highest BCUT2D eigenvalue weighted by molar-refractivity contribution is 4.92. The largest absolute Gasteiger partial charge is 0.334 e. The molecule has 0 spiro atoms. The molecule has 0 aromatic carbocycles. The van der Waals surface area contributed by atoms with Gasteiger partial charge in [0.25, 0.3) is 0 Å². The Morgan fingerprint density at radius 1 is 1.53 bits per heavy atom. The quantitative estimate of drug-likeness (QED) is 0.727. The van der Waals surface area contributed by atoms with Crippen molar-refractivity contribution in [2.75, 3.05) is 27.2 Å². The van der Waals surface area contributed by atoms with Gasteiger partial charge < -0.3 is 9.88 Å². The molecule has 0 radical (unpaired) electrons. The molecule has 0 unspecified atom stereocenters. The number of rotatable bonds is 7. The van der Waals surface area contributed by atoms with E-state index in [2.05, 4.69) is 39.9 Å². The lowest BCUT2D eigenvalue weighted by Crippen LogP contribution is -2.28. The topological polar surface area (TPSA) is 33.1 Å². The van der Waals surface area contributed by atoms with E-state index in [0.29, 0.717) is 0 Å². The van der Waals surface area contributed by atoms with Crippen LogP contribution >= 0.6 is 0 Å². The molecular formula is C11H22N4. The van der Waals surface area contributed by atoms with Crippen LogP contribution in [0.25, 0.3) is 0 Å². The van der Waals surface area contributed by atoms with Crippen LogP contribution < -0.4 is 5.32 Å². The molecule has 0 bridgehead atoms. The molecule has 0 aliphatic rings. The second-order valence-electron chi connectivity index (χ2n) is 3.88. The number of aryl methyl sites for hydroxylation is 1. The van der Waals surface area contributed by atoms with E-state index < -0.39 is 0 Å². The smallest absolute Gasteiger partial charge is 0.122 e. The van der Waals surface area contributed by atoms with Gasteiger partial charge in [-0.15, -0.1) is 0 Å². The number of likely N-dealkylation sites (N-methyl/N-ethyl adjacent to an activating group) is 2. The first kappa shape index (κ1) is 12.2. The van der Waals surface area contributed by atoms with Crippen LogP contribution in [-0.4, -0.2) is 41.6 Å². The first-order chi connectivity index (χ1) is 7.27. The van der Waals surface area contributed by atoms with Crippen molar-refractivity contribution in [1.29, 1.82) is 0 Å². The Kier molecular flexibility index (Phi) is 5.36. The highest BCUT2D eigenvalue weighted by Gasteiger charge is 2.05. The minimum absolute atomic E-state index is 0.925. The third-order valence-electron chi connectivity index (χ3n) is 2.42. The van der Waals surface area contributed by atoms with Crippen LogP contribution in [0.4, 0.5) is 0 Å². The molecule has 1 N–H and O–H groups in total. The molecule has 0 saturated carbocycles. The van der Waals surface area contributed by atoms with Gasteiger partial charge in [-0.05, 0) is 20.5 Å². The van der Waals surface area contributed by atoms with Gasteiger partial charge in [-0.25, -0.2) is 4.98 Å². The molecule has 0 aliphatic carbocycles. The molecule has 4 heteroatoms. The number of hydrogen-bond acceptors (Lipinski definition) is 3. The van der Waals surface area contributed by atoms with Crippen molar-refractivity contribution >= 4 is 0 Å². The molecule has 4 nitrogen and oxygen atoms in total. The number of nitrogens with zero attached hydrogens (tertiary/aromatic N) is 3. The van der Waals surface area contributed by atoms with Crippen LogP contribution in [0.2, 0.25) is 0 Å². The second kappa shape index (κ2) is 6.58. The van der Waals surface area contributed by atoms with E-state index >= 15 is 0 Å². The normalized spacial score (nSPS) is 11.2. The minimum Gasteiger partial charge on any atom is -0.334 e. The molecule has 86 valence electrons. The van der Waals surface area contributed by atoms with E-state index in [9.17, 15) is 0 Å². The molecule has 1 aromatic rings. The number of nitrogens with one attached hydrogen (secondary N) is 1.